The summed E-state index contributed by atoms with van der Waals surface area (Å²) >= 11 is 3.09. The number of amides is 1. The van der Waals surface area contributed by atoms with Gasteiger partial charge in [-0.2, -0.15) is 0 Å². The fourth-order valence-corrected chi connectivity index (χ4v) is 5.74. The number of hydrogen-bond acceptors (Lipinski definition) is 7. The topological polar surface area (TPSA) is 73.1 Å². The molecule has 1 amide bonds. The van der Waals surface area contributed by atoms with Gasteiger partial charge in [-0.15, -0.1) is 21.5 Å². The molecule has 1 aliphatic heterocycles. The molecule has 1 atom stereocenters. The third-order valence-corrected chi connectivity index (χ3v) is 7.43. The summed E-state index contributed by atoms with van der Waals surface area (Å²) in [4.78, 5) is 19.8. The van der Waals surface area contributed by atoms with Gasteiger partial charge in [0.15, 0.2) is 5.16 Å². The van der Waals surface area contributed by atoms with E-state index in [1.807, 2.05) is 51.9 Å². The lowest BCUT2D eigenvalue weighted by atomic mass is 10.2. The van der Waals surface area contributed by atoms with Crippen molar-refractivity contribution in [1.29, 1.82) is 0 Å². The first-order chi connectivity index (χ1) is 15.2. The lowest BCUT2D eigenvalue weighted by molar-refractivity contribution is -0.129. The molecule has 4 aromatic rings. The van der Waals surface area contributed by atoms with Gasteiger partial charge in [-0.1, -0.05) is 23.9 Å². The van der Waals surface area contributed by atoms with Crippen molar-refractivity contribution in [3.63, 3.8) is 0 Å². The number of carbonyl (C=O) groups is 1. The van der Waals surface area contributed by atoms with Gasteiger partial charge in [0, 0.05) is 12.2 Å². The maximum Gasteiger partial charge on any atom is 0.233 e. The van der Waals surface area contributed by atoms with Crippen LogP contribution in [-0.4, -0.2) is 50.0 Å². The third kappa shape index (κ3) is 4.03. The molecule has 5 rings (SSSR count). The number of likely N-dealkylation sites (tertiary alicyclic amines) is 1. The number of nitrogens with zero attached hydrogens (tertiary/aromatic N) is 5. The number of aromatic nitrogens is 4. The molecule has 0 bridgehead atoms. The van der Waals surface area contributed by atoms with Crippen molar-refractivity contribution >= 4 is 39.2 Å². The fourth-order valence-electron chi connectivity index (χ4n) is 3.81. The van der Waals surface area contributed by atoms with Gasteiger partial charge in [0.1, 0.15) is 17.1 Å². The summed E-state index contributed by atoms with van der Waals surface area (Å²) in [6.45, 7) is 0.769. The van der Waals surface area contributed by atoms with Gasteiger partial charge in [-0.05, 0) is 49.2 Å². The van der Waals surface area contributed by atoms with Crippen LogP contribution in [0.5, 0.6) is 5.75 Å². The Morgan fingerprint density at radius 1 is 1.23 bits per heavy atom. The molecule has 0 N–H and O–H groups in total. The number of thiazole rings is 1. The number of methoxy groups -OCH3 is 1. The largest absolute Gasteiger partial charge is 0.497 e. The lowest BCUT2D eigenvalue weighted by Crippen LogP contribution is -2.32. The number of fused-ring (bicyclic) bond motifs is 1. The zero-order valence-corrected chi connectivity index (χ0v) is 18.6. The molecular formula is C22H21N5O2S2. The Balaban J connectivity index is 1.29. The Bertz CT molecular complexity index is 1170. The highest BCUT2D eigenvalue weighted by molar-refractivity contribution is 7.99. The average molecular weight is 452 g/mol. The second-order valence-corrected chi connectivity index (χ2v) is 9.24. The molecule has 158 valence electrons. The van der Waals surface area contributed by atoms with E-state index in [1.165, 1.54) is 16.5 Å². The number of ether oxygens (including phenoxy) is 1. The summed E-state index contributed by atoms with van der Waals surface area (Å²) in [7, 11) is 1.64. The normalized spacial score (nSPS) is 16.2. The van der Waals surface area contributed by atoms with E-state index in [9.17, 15) is 4.79 Å². The molecule has 1 unspecified atom stereocenters. The molecule has 1 aliphatic rings. The second-order valence-electron chi connectivity index (χ2n) is 7.24. The fraction of sp³-hybridized carbons (Fsp3) is 0.273. The molecule has 7 nitrogen and oxygen atoms in total. The quantitative estimate of drug-likeness (QED) is 0.406. The zero-order chi connectivity index (χ0) is 21.2. The Hall–Kier alpha value is -2.91. The first kappa shape index (κ1) is 20.0. The first-order valence-corrected chi connectivity index (χ1v) is 11.9. The standard InChI is InChI=1S/C22H21N5O2S2/c1-29-16-10-8-15(9-11-16)27-14-23-25-22(27)30-13-20(28)26-12-4-6-18(26)21-24-17-5-2-3-7-19(17)31-21/h2-3,5,7-11,14,18H,4,6,12-13H2,1H3. The minimum atomic E-state index is 0.0601. The molecule has 3 heterocycles. The van der Waals surface area contributed by atoms with Gasteiger partial charge >= 0.3 is 0 Å². The average Bonchev–Trinajstić information content (AvgIpc) is 3.56. The van der Waals surface area contributed by atoms with Crippen LogP contribution in [-0.2, 0) is 4.79 Å². The molecule has 0 aliphatic carbocycles. The van der Waals surface area contributed by atoms with Crippen LogP contribution >= 0.6 is 23.1 Å². The zero-order valence-electron chi connectivity index (χ0n) is 17.0. The SMILES string of the molecule is COc1ccc(-n2cnnc2SCC(=O)N2CCCC2c2nc3ccccc3s2)cc1. The highest BCUT2D eigenvalue weighted by atomic mass is 32.2. The highest BCUT2D eigenvalue weighted by Gasteiger charge is 2.32. The molecule has 1 fully saturated rings. The van der Waals surface area contributed by atoms with Crippen molar-refractivity contribution in [2.24, 2.45) is 0 Å². The van der Waals surface area contributed by atoms with Crippen LogP contribution in [0, 0.1) is 0 Å². The maximum absolute atomic E-state index is 13.1. The van der Waals surface area contributed by atoms with Gasteiger partial charge < -0.3 is 9.64 Å². The van der Waals surface area contributed by atoms with Crippen LogP contribution in [0.1, 0.15) is 23.9 Å². The number of carbonyl (C=O) groups excluding carboxylic acids is 1. The lowest BCUT2D eigenvalue weighted by Gasteiger charge is -2.22. The Morgan fingerprint density at radius 2 is 2.06 bits per heavy atom. The van der Waals surface area contributed by atoms with Crippen LogP contribution in [0.15, 0.2) is 60.0 Å². The predicted octanol–water partition coefficient (Wildman–Crippen LogP) is 4.34. The van der Waals surface area contributed by atoms with Crippen molar-refractivity contribution in [2.75, 3.05) is 19.4 Å². The van der Waals surface area contributed by atoms with E-state index in [-0.39, 0.29) is 11.9 Å². The molecule has 2 aromatic carbocycles. The van der Waals surface area contributed by atoms with E-state index >= 15 is 0 Å². The maximum atomic E-state index is 13.1. The molecule has 31 heavy (non-hydrogen) atoms. The summed E-state index contributed by atoms with van der Waals surface area (Å²) in [5, 5.41) is 9.95. The predicted molar refractivity (Wildman–Crippen MR) is 122 cm³/mol. The highest BCUT2D eigenvalue weighted by Crippen LogP contribution is 2.37. The molecule has 0 radical (unpaired) electrons. The Labute approximate surface area is 188 Å². The van der Waals surface area contributed by atoms with Gasteiger partial charge in [0.2, 0.25) is 5.91 Å². The van der Waals surface area contributed by atoms with E-state index in [2.05, 4.69) is 16.3 Å². The van der Waals surface area contributed by atoms with E-state index in [0.29, 0.717) is 10.9 Å². The Morgan fingerprint density at radius 3 is 2.87 bits per heavy atom. The number of benzene rings is 2. The van der Waals surface area contributed by atoms with Crippen molar-refractivity contribution in [1.82, 2.24) is 24.6 Å². The number of hydrogen-bond donors (Lipinski definition) is 0. The Kier molecular flexibility index (Phi) is 5.61. The van der Waals surface area contributed by atoms with Crippen LogP contribution in [0.4, 0.5) is 0 Å². The van der Waals surface area contributed by atoms with Gasteiger partial charge in [0.05, 0.1) is 29.1 Å². The van der Waals surface area contributed by atoms with E-state index in [1.54, 1.807) is 24.8 Å². The summed E-state index contributed by atoms with van der Waals surface area (Å²) in [5.41, 5.74) is 1.93. The molecule has 2 aromatic heterocycles. The summed E-state index contributed by atoms with van der Waals surface area (Å²) in [5.74, 6) is 1.21. The van der Waals surface area contributed by atoms with Crippen LogP contribution < -0.4 is 4.74 Å². The third-order valence-electron chi connectivity index (χ3n) is 5.36. The monoisotopic (exact) mass is 451 g/mol. The van der Waals surface area contributed by atoms with Crippen LogP contribution in [0.25, 0.3) is 15.9 Å². The molecule has 0 saturated carbocycles. The van der Waals surface area contributed by atoms with Gasteiger partial charge in [0.25, 0.3) is 0 Å². The van der Waals surface area contributed by atoms with Crippen LogP contribution in [0.3, 0.4) is 0 Å². The molecule has 0 spiro atoms. The first-order valence-electron chi connectivity index (χ1n) is 10.0. The smallest absolute Gasteiger partial charge is 0.233 e. The summed E-state index contributed by atoms with van der Waals surface area (Å²) in [6.07, 6.45) is 3.62. The van der Waals surface area contributed by atoms with Crippen molar-refractivity contribution in [3.05, 3.63) is 59.9 Å². The summed E-state index contributed by atoms with van der Waals surface area (Å²) < 4.78 is 8.27. The molecule has 9 heteroatoms. The van der Waals surface area contributed by atoms with E-state index in [0.717, 1.165) is 41.3 Å². The van der Waals surface area contributed by atoms with Crippen molar-refractivity contribution < 1.29 is 9.53 Å². The minimum Gasteiger partial charge on any atom is -0.497 e. The number of thioether (sulfide) groups is 1. The van der Waals surface area contributed by atoms with Crippen molar-refractivity contribution in [3.8, 4) is 11.4 Å². The van der Waals surface area contributed by atoms with Gasteiger partial charge in [-0.25, -0.2) is 4.98 Å². The minimum absolute atomic E-state index is 0.0601. The van der Waals surface area contributed by atoms with E-state index < -0.39 is 0 Å². The van der Waals surface area contributed by atoms with E-state index in [4.69, 9.17) is 9.72 Å². The van der Waals surface area contributed by atoms with Crippen molar-refractivity contribution in [2.45, 2.75) is 24.0 Å². The summed E-state index contributed by atoms with van der Waals surface area (Å²) in [6, 6.07) is 15.9. The van der Waals surface area contributed by atoms with Crippen LogP contribution in [0.2, 0.25) is 0 Å². The molecular weight excluding hydrogens is 430 g/mol. The number of para-hydroxylation sites is 1. The number of rotatable bonds is 6. The van der Waals surface area contributed by atoms with Gasteiger partial charge in [-0.3, -0.25) is 9.36 Å². The molecule has 1 saturated heterocycles. The second kappa shape index (κ2) is 8.68.